The summed E-state index contributed by atoms with van der Waals surface area (Å²) in [6.07, 6.45) is -0.342. The Morgan fingerprint density at radius 1 is 1.12 bits per heavy atom. The van der Waals surface area contributed by atoms with Gasteiger partial charge in [-0.2, -0.15) is 0 Å². The molecule has 0 radical (unpaired) electrons. The Labute approximate surface area is 208 Å². The molecule has 0 saturated heterocycles. The molecule has 7 heteroatoms. The maximum Gasteiger partial charge on any atom is 0.304 e. The molecular weight excluding hydrogens is 475 g/mol. The molecule has 1 heterocycles. The SMILES string of the molecule is CC#C[C@@H](CC(=O)O)c1ccc(OC[C@H]2COc3ccc(-c4ccc(Cl)cc4Cl)cc3O2)cc1. The maximum atomic E-state index is 11.1. The van der Waals surface area contributed by atoms with Crippen molar-refractivity contribution in [2.45, 2.75) is 25.4 Å². The first kappa shape index (κ1) is 23.8. The molecule has 34 heavy (non-hydrogen) atoms. The predicted molar refractivity (Wildman–Crippen MR) is 132 cm³/mol. The fourth-order valence-electron chi connectivity index (χ4n) is 3.68. The zero-order valence-electron chi connectivity index (χ0n) is 18.4. The Bertz CT molecular complexity index is 1240. The number of ether oxygens (including phenoxy) is 3. The van der Waals surface area contributed by atoms with Crippen molar-refractivity contribution in [1.29, 1.82) is 0 Å². The molecule has 4 rings (SSSR count). The summed E-state index contributed by atoms with van der Waals surface area (Å²) in [5.41, 5.74) is 2.58. The van der Waals surface area contributed by atoms with E-state index in [0.717, 1.165) is 16.7 Å². The summed E-state index contributed by atoms with van der Waals surface area (Å²) in [7, 11) is 0. The van der Waals surface area contributed by atoms with Gasteiger partial charge in [0.05, 0.1) is 12.3 Å². The molecule has 5 nitrogen and oxygen atoms in total. The molecule has 0 aliphatic carbocycles. The standard InChI is InChI=1S/C27H22Cl2O5/c1-2-3-18(13-27(30)31)17-4-8-21(9-5-17)32-15-22-16-33-25-11-6-19(12-26(25)34-22)23-10-7-20(28)14-24(23)29/h4-12,14,18,22H,13,15-16H2,1H3,(H,30,31)/t18-,22-/m0/s1. The van der Waals surface area contributed by atoms with Crippen LogP contribution in [0.2, 0.25) is 10.0 Å². The van der Waals surface area contributed by atoms with E-state index >= 15 is 0 Å². The summed E-state index contributed by atoms with van der Waals surface area (Å²) in [4.78, 5) is 11.1. The maximum absolute atomic E-state index is 11.1. The van der Waals surface area contributed by atoms with E-state index in [4.69, 9.17) is 42.5 Å². The second-order valence-electron chi connectivity index (χ2n) is 7.76. The third-order valence-corrected chi connectivity index (χ3v) is 5.87. The molecule has 0 fully saturated rings. The number of carbonyl (C=O) groups is 1. The molecule has 0 spiro atoms. The molecule has 3 aromatic carbocycles. The zero-order valence-corrected chi connectivity index (χ0v) is 19.9. The third-order valence-electron chi connectivity index (χ3n) is 5.32. The highest BCUT2D eigenvalue weighted by molar-refractivity contribution is 6.36. The summed E-state index contributed by atoms with van der Waals surface area (Å²) < 4.78 is 17.9. The zero-order chi connectivity index (χ0) is 24.1. The van der Waals surface area contributed by atoms with Crippen LogP contribution in [0.25, 0.3) is 11.1 Å². The third kappa shape index (κ3) is 5.77. The van der Waals surface area contributed by atoms with Crippen LogP contribution in [-0.2, 0) is 4.79 Å². The fourth-order valence-corrected chi connectivity index (χ4v) is 4.19. The normalized spacial score (nSPS) is 15.1. The van der Waals surface area contributed by atoms with E-state index in [-0.39, 0.29) is 25.0 Å². The van der Waals surface area contributed by atoms with Gasteiger partial charge >= 0.3 is 5.97 Å². The Kier molecular flexibility index (Phi) is 7.52. The minimum Gasteiger partial charge on any atom is -0.490 e. The highest BCUT2D eigenvalue weighted by Gasteiger charge is 2.23. The number of aliphatic carboxylic acids is 1. The molecule has 0 aromatic heterocycles. The van der Waals surface area contributed by atoms with Gasteiger partial charge in [-0.25, -0.2) is 0 Å². The number of benzene rings is 3. The van der Waals surface area contributed by atoms with E-state index < -0.39 is 5.97 Å². The van der Waals surface area contributed by atoms with Crippen molar-refractivity contribution in [2.75, 3.05) is 13.2 Å². The smallest absolute Gasteiger partial charge is 0.304 e. The summed E-state index contributed by atoms with van der Waals surface area (Å²) >= 11 is 12.4. The van der Waals surface area contributed by atoms with Crippen molar-refractivity contribution >= 4 is 29.2 Å². The van der Waals surface area contributed by atoms with Crippen LogP contribution in [0, 0.1) is 11.8 Å². The van der Waals surface area contributed by atoms with Gasteiger partial charge in [0, 0.05) is 15.6 Å². The molecule has 0 amide bonds. The second kappa shape index (κ2) is 10.7. The minimum atomic E-state index is -0.885. The number of carboxylic acid groups (broad SMARTS) is 1. The predicted octanol–water partition coefficient (Wildman–Crippen LogP) is 6.46. The van der Waals surface area contributed by atoms with Crippen LogP contribution in [0.15, 0.2) is 60.7 Å². The van der Waals surface area contributed by atoms with Crippen molar-refractivity contribution in [3.05, 3.63) is 76.3 Å². The van der Waals surface area contributed by atoms with Gasteiger partial charge in [0.2, 0.25) is 0 Å². The van der Waals surface area contributed by atoms with Gasteiger partial charge in [-0.3, -0.25) is 4.79 Å². The van der Waals surface area contributed by atoms with E-state index in [2.05, 4.69) is 11.8 Å². The van der Waals surface area contributed by atoms with Crippen LogP contribution >= 0.6 is 23.2 Å². The van der Waals surface area contributed by atoms with E-state index in [0.29, 0.717) is 33.9 Å². The van der Waals surface area contributed by atoms with Crippen molar-refractivity contribution in [2.24, 2.45) is 0 Å². The van der Waals surface area contributed by atoms with Crippen LogP contribution in [0.5, 0.6) is 17.2 Å². The molecular formula is C27H22Cl2O5. The molecule has 0 bridgehead atoms. The summed E-state index contributed by atoms with van der Waals surface area (Å²) in [6.45, 7) is 2.35. The number of fused-ring (bicyclic) bond motifs is 1. The number of hydrogen-bond donors (Lipinski definition) is 1. The minimum absolute atomic E-state index is 0.0447. The van der Waals surface area contributed by atoms with Crippen LogP contribution in [0.4, 0.5) is 0 Å². The van der Waals surface area contributed by atoms with Crippen molar-refractivity contribution in [3.63, 3.8) is 0 Å². The van der Waals surface area contributed by atoms with Crippen molar-refractivity contribution in [3.8, 4) is 40.2 Å². The monoisotopic (exact) mass is 496 g/mol. The highest BCUT2D eigenvalue weighted by atomic mass is 35.5. The molecule has 0 saturated carbocycles. The Morgan fingerprint density at radius 2 is 1.91 bits per heavy atom. The molecule has 1 aliphatic rings. The first-order chi connectivity index (χ1) is 16.4. The summed E-state index contributed by atoms with van der Waals surface area (Å²) in [6, 6.07) is 18.3. The van der Waals surface area contributed by atoms with E-state index in [1.165, 1.54) is 0 Å². The van der Waals surface area contributed by atoms with Gasteiger partial charge < -0.3 is 19.3 Å². The fraction of sp³-hybridized carbons (Fsp3) is 0.222. The van der Waals surface area contributed by atoms with Gasteiger partial charge in [-0.1, -0.05) is 53.4 Å². The average Bonchev–Trinajstić information content (AvgIpc) is 2.82. The Balaban J connectivity index is 1.40. The molecule has 3 aromatic rings. The lowest BCUT2D eigenvalue weighted by atomic mass is 9.96. The van der Waals surface area contributed by atoms with Gasteiger partial charge in [-0.05, 0) is 54.4 Å². The van der Waals surface area contributed by atoms with E-state index in [1.807, 2.05) is 36.4 Å². The lowest BCUT2D eigenvalue weighted by Gasteiger charge is -2.27. The lowest BCUT2D eigenvalue weighted by molar-refractivity contribution is -0.137. The topological polar surface area (TPSA) is 65.0 Å². The number of halogens is 2. The van der Waals surface area contributed by atoms with Gasteiger partial charge in [0.15, 0.2) is 17.6 Å². The first-order valence-corrected chi connectivity index (χ1v) is 11.4. The van der Waals surface area contributed by atoms with Crippen molar-refractivity contribution in [1.82, 2.24) is 0 Å². The van der Waals surface area contributed by atoms with Crippen LogP contribution in [-0.4, -0.2) is 30.4 Å². The largest absolute Gasteiger partial charge is 0.490 e. The number of rotatable bonds is 7. The molecule has 1 N–H and O–H groups in total. The van der Waals surface area contributed by atoms with Crippen LogP contribution in [0.3, 0.4) is 0 Å². The van der Waals surface area contributed by atoms with Gasteiger partial charge in [-0.15, -0.1) is 5.92 Å². The Morgan fingerprint density at radius 3 is 2.62 bits per heavy atom. The molecule has 1 aliphatic heterocycles. The van der Waals surface area contributed by atoms with Crippen LogP contribution in [0.1, 0.15) is 24.8 Å². The lowest BCUT2D eigenvalue weighted by Crippen LogP contribution is -2.34. The average molecular weight is 497 g/mol. The molecule has 0 unspecified atom stereocenters. The van der Waals surface area contributed by atoms with Gasteiger partial charge in [0.25, 0.3) is 0 Å². The van der Waals surface area contributed by atoms with E-state index in [9.17, 15) is 4.79 Å². The Hall–Kier alpha value is -3.33. The van der Waals surface area contributed by atoms with Gasteiger partial charge in [0.1, 0.15) is 19.0 Å². The highest BCUT2D eigenvalue weighted by Crippen LogP contribution is 2.38. The quantitative estimate of drug-likeness (QED) is 0.380. The second-order valence-corrected chi connectivity index (χ2v) is 8.61. The summed E-state index contributed by atoms with van der Waals surface area (Å²) in [5.74, 6) is 6.43. The number of carboxylic acids is 1. The van der Waals surface area contributed by atoms with Crippen molar-refractivity contribution < 1.29 is 24.1 Å². The number of hydrogen-bond acceptors (Lipinski definition) is 4. The molecule has 174 valence electrons. The van der Waals surface area contributed by atoms with Crippen LogP contribution < -0.4 is 14.2 Å². The molecule has 2 atom stereocenters. The summed E-state index contributed by atoms with van der Waals surface area (Å²) in [5, 5.41) is 10.2. The first-order valence-electron chi connectivity index (χ1n) is 10.7. The van der Waals surface area contributed by atoms with E-state index in [1.54, 1.807) is 31.2 Å².